The molecule has 1 aliphatic heterocycles. The molecule has 2 aromatic carbocycles. The summed E-state index contributed by atoms with van der Waals surface area (Å²) in [6.07, 6.45) is 2.60. The van der Waals surface area contributed by atoms with Crippen LogP contribution in [-0.4, -0.2) is 44.2 Å². The molecule has 0 saturated carbocycles. The number of halogens is 1. The summed E-state index contributed by atoms with van der Waals surface area (Å²) in [5.74, 6) is -1.89. The summed E-state index contributed by atoms with van der Waals surface area (Å²) in [7, 11) is -2.34. The van der Waals surface area contributed by atoms with Gasteiger partial charge in [-0.2, -0.15) is 4.31 Å². The van der Waals surface area contributed by atoms with Crippen LogP contribution in [0.1, 0.15) is 46.9 Å². The number of carbonyl (C=O) groups is 2. The van der Waals surface area contributed by atoms with E-state index in [1.54, 1.807) is 0 Å². The minimum absolute atomic E-state index is 0.0501. The number of anilines is 1. The zero-order valence-corrected chi connectivity index (χ0v) is 17.6. The van der Waals surface area contributed by atoms with Crippen molar-refractivity contribution in [2.24, 2.45) is 0 Å². The minimum Gasteiger partial charge on any atom is -0.355 e. The van der Waals surface area contributed by atoms with Crippen molar-refractivity contribution in [3.05, 3.63) is 59.4 Å². The highest BCUT2D eigenvalue weighted by molar-refractivity contribution is 7.89. The van der Waals surface area contributed by atoms with E-state index in [2.05, 4.69) is 10.6 Å². The lowest BCUT2D eigenvalue weighted by Crippen LogP contribution is -2.41. The molecule has 1 aliphatic rings. The molecule has 1 heterocycles. The van der Waals surface area contributed by atoms with Gasteiger partial charge in [0.25, 0.3) is 11.8 Å². The summed E-state index contributed by atoms with van der Waals surface area (Å²) in [5, 5.41) is 4.91. The van der Waals surface area contributed by atoms with E-state index in [1.807, 2.05) is 6.92 Å². The number of nitrogens with one attached hydrogen (secondary N) is 2. The van der Waals surface area contributed by atoms with Crippen LogP contribution >= 0.6 is 0 Å². The van der Waals surface area contributed by atoms with E-state index >= 15 is 0 Å². The third-order valence-corrected chi connectivity index (χ3v) is 7.15. The van der Waals surface area contributed by atoms with Crippen LogP contribution in [0.4, 0.5) is 10.1 Å². The van der Waals surface area contributed by atoms with Gasteiger partial charge < -0.3 is 10.6 Å². The number of hydrogen-bond donors (Lipinski definition) is 2. The maximum atomic E-state index is 13.8. The SMILES string of the molecule is CNC(=O)c1cc(NC(=O)c2cccc(S(=O)(=O)N3CCCCC3C)c2)ccc1F. The molecule has 0 radical (unpaired) electrons. The fourth-order valence-electron chi connectivity index (χ4n) is 3.48. The highest BCUT2D eigenvalue weighted by Gasteiger charge is 2.31. The van der Waals surface area contributed by atoms with Gasteiger partial charge >= 0.3 is 0 Å². The van der Waals surface area contributed by atoms with Gasteiger partial charge in [-0.05, 0) is 56.2 Å². The average molecular weight is 434 g/mol. The number of hydrogen-bond acceptors (Lipinski definition) is 4. The molecule has 1 unspecified atom stereocenters. The molecule has 2 N–H and O–H groups in total. The zero-order valence-electron chi connectivity index (χ0n) is 16.8. The smallest absolute Gasteiger partial charge is 0.255 e. The maximum absolute atomic E-state index is 13.8. The number of sulfonamides is 1. The largest absolute Gasteiger partial charge is 0.355 e. The molecule has 9 heteroatoms. The number of amides is 2. The number of nitrogens with zero attached hydrogens (tertiary/aromatic N) is 1. The van der Waals surface area contributed by atoms with Crippen molar-refractivity contribution in [1.82, 2.24) is 9.62 Å². The summed E-state index contributed by atoms with van der Waals surface area (Å²) >= 11 is 0. The molecule has 2 aromatic rings. The van der Waals surface area contributed by atoms with Gasteiger partial charge in [-0.1, -0.05) is 12.5 Å². The molecular formula is C21H24FN3O4S. The Hall–Kier alpha value is -2.78. The first-order valence-corrected chi connectivity index (χ1v) is 11.1. The predicted molar refractivity (Wildman–Crippen MR) is 111 cm³/mol. The zero-order chi connectivity index (χ0) is 21.9. The van der Waals surface area contributed by atoms with E-state index in [0.717, 1.165) is 25.3 Å². The van der Waals surface area contributed by atoms with Gasteiger partial charge in [0.15, 0.2) is 0 Å². The highest BCUT2D eigenvalue weighted by Crippen LogP contribution is 2.26. The normalized spacial score (nSPS) is 17.4. The Balaban J connectivity index is 1.84. The molecule has 2 amide bonds. The van der Waals surface area contributed by atoms with Crippen molar-refractivity contribution in [2.45, 2.75) is 37.1 Å². The summed E-state index contributed by atoms with van der Waals surface area (Å²) in [6, 6.07) is 9.35. The molecule has 30 heavy (non-hydrogen) atoms. The van der Waals surface area contributed by atoms with Crippen LogP contribution in [0.5, 0.6) is 0 Å². The summed E-state index contributed by atoms with van der Waals surface area (Å²) in [6.45, 7) is 2.34. The molecular weight excluding hydrogens is 409 g/mol. The van der Waals surface area contributed by atoms with E-state index in [4.69, 9.17) is 0 Å². The molecule has 0 aliphatic carbocycles. The number of benzene rings is 2. The quantitative estimate of drug-likeness (QED) is 0.758. The molecule has 7 nitrogen and oxygen atoms in total. The van der Waals surface area contributed by atoms with Crippen LogP contribution in [0.25, 0.3) is 0 Å². The molecule has 0 aromatic heterocycles. The lowest BCUT2D eigenvalue weighted by atomic mass is 10.1. The Labute approximate surface area is 175 Å². The van der Waals surface area contributed by atoms with Gasteiger partial charge in [-0.25, -0.2) is 12.8 Å². The monoisotopic (exact) mass is 433 g/mol. The van der Waals surface area contributed by atoms with Crippen molar-refractivity contribution in [1.29, 1.82) is 0 Å². The van der Waals surface area contributed by atoms with E-state index in [0.29, 0.717) is 6.54 Å². The third kappa shape index (κ3) is 4.52. The second kappa shape index (κ2) is 8.93. The molecule has 1 fully saturated rings. The van der Waals surface area contributed by atoms with Crippen LogP contribution < -0.4 is 10.6 Å². The van der Waals surface area contributed by atoms with Crippen LogP contribution in [-0.2, 0) is 10.0 Å². The second-order valence-corrected chi connectivity index (χ2v) is 9.11. The summed E-state index contributed by atoms with van der Waals surface area (Å²) in [5.41, 5.74) is 0.162. The van der Waals surface area contributed by atoms with Crippen LogP contribution in [0.2, 0.25) is 0 Å². The van der Waals surface area contributed by atoms with Gasteiger partial charge in [-0.3, -0.25) is 9.59 Å². The van der Waals surface area contributed by atoms with Crippen LogP contribution in [0, 0.1) is 5.82 Å². The van der Waals surface area contributed by atoms with E-state index < -0.39 is 27.7 Å². The summed E-state index contributed by atoms with van der Waals surface area (Å²) < 4.78 is 41.3. The molecule has 160 valence electrons. The Kier molecular flexibility index (Phi) is 6.52. The molecule has 1 saturated heterocycles. The number of rotatable bonds is 5. The van der Waals surface area contributed by atoms with Gasteiger partial charge in [0.05, 0.1) is 10.5 Å². The van der Waals surface area contributed by atoms with Crippen molar-refractivity contribution >= 4 is 27.5 Å². The van der Waals surface area contributed by atoms with Crippen molar-refractivity contribution in [2.75, 3.05) is 18.9 Å². The van der Waals surface area contributed by atoms with Crippen molar-refractivity contribution in [3.63, 3.8) is 0 Å². The lowest BCUT2D eigenvalue weighted by Gasteiger charge is -2.32. The predicted octanol–water partition coefficient (Wildman–Crippen LogP) is 3.00. The van der Waals surface area contributed by atoms with E-state index in [1.165, 1.54) is 47.8 Å². The van der Waals surface area contributed by atoms with E-state index in [-0.39, 0.29) is 27.8 Å². The van der Waals surface area contributed by atoms with Crippen molar-refractivity contribution < 1.29 is 22.4 Å². The Morgan fingerprint density at radius 3 is 2.57 bits per heavy atom. The maximum Gasteiger partial charge on any atom is 0.255 e. The van der Waals surface area contributed by atoms with Crippen LogP contribution in [0.3, 0.4) is 0 Å². The fourth-order valence-corrected chi connectivity index (χ4v) is 5.22. The summed E-state index contributed by atoms with van der Waals surface area (Å²) in [4.78, 5) is 24.4. The highest BCUT2D eigenvalue weighted by atomic mass is 32.2. The minimum atomic E-state index is -3.72. The molecule has 1 atom stereocenters. The Bertz CT molecular complexity index is 1070. The van der Waals surface area contributed by atoms with Gasteiger partial charge in [0, 0.05) is 30.9 Å². The van der Waals surface area contributed by atoms with Gasteiger partial charge in [0.2, 0.25) is 10.0 Å². The number of carbonyl (C=O) groups excluding carboxylic acids is 2. The Morgan fingerprint density at radius 1 is 1.10 bits per heavy atom. The van der Waals surface area contributed by atoms with Crippen molar-refractivity contribution in [3.8, 4) is 0 Å². The first-order chi connectivity index (χ1) is 14.2. The molecule has 0 bridgehead atoms. The first kappa shape index (κ1) is 21.9. The van der Waals surface area contributed by atoms with Crippen LogP contribution in [0.15, 0.2) is 47.4 Å². The molecule has 0 spiro atoms. The lowest BCUT2D eigenvalue weighted by molar-refractivity contribution is 0.0957. The third-order valence-electron chi connectivity index (χ3n) is 5.14. The second-order valence-electron chi connectivity index (χ2n) is 7.22. The van der Waals surface area contributed by atoms with Gasteiger partial charge in [0.1, 0.15) is 5.82 Å². The van der Waals surface area contributed by atoms with Gasteiger partial charge in [-0.15, -0.1) is 0 Å². The standard InChI is InChI=1S/C21H24FN3O4S/c1-14-6-3-4-11-25(14)30(28,29)17-8-5-7-15(12-17)20(26)24-16-9-10-19(22)18(13-16)21(27)23-2/h5,7-10,12-14H,3-4,6,11H2,1-2H3,(H,23,27)(H,24,26). The first-order valence-electron chi connectivity index (χ1n) is 9.69. The number of piperidine rings is 1. The topological polar surface area (TPSA) is 95.6 Å². The average Bonchev–Trinajstić information content (AvgIpc) is 2.74. The molecule has 3 rings (SSSR count). The Morgan fingerprint density at radius 2 is 1.87 bits per heavy atom. The van der Waals surface area contributed by atoms with E-state index in [9.17, 15) is 22.4 Å². The fraction of sp³-hybridized carbons (Fsp3) is 0.333.